The second-order valence-corrected chi connectivity index (χ2v) is 4.44. The Morgan fingerprint density at radius 2 is 2.14 bits per heavy atom. The van der Waals surface area contributed by atoms with Gasteiger partial charge in [0.2, 0.25) is 0 Å². The standard InChI is InChI=1S/C11H20N2S/c1-4-10(5-2)6-12-9(3)11-7-14-8-13-11/h7-10,12H,4-6H2,1-3H3. The van der Waals surface area contributed by atoms with Gasteiger partial charge in [-0.05, 0) is 19.4 Å². The van der Waals surface area contributed by atoms with Crippen molar-refractivity contribution in [3.05, 3.63) is 16.6 Å². The zero-order valence-electron chi connectivity index (χ0n) is 9.29. The maximum absolute atomic E-state index is 4.30. The van der Waals surface area contributed by atoms with Crippen LogP contribution in [0.25, 0.3) is 0 Å². The molecule has 2 nitrogen and oxygen atoms in total. The monoisotopic (exact) mass is 212 g/mol. The first-order valence-corrected chi connectivity index (χ1v) is 6.33. The molecule has 0 amide bonds. The van der Waals surface area contributed by atoms with Gasteiger partial charge in [0.05, 0.1) is 11.2 Å². The number of hydrogen-bond donors (Lipinski definition) is 1. The van der Waals surface area contributed by atoms with Crippen LogP contribution in [0.5, 0.6) is 0 Å². The van der Waals surface area contributed by atoms with Crippen molar-refractivity contribution in [1.82, 2.24) is 10.3 Å². The fourth-order valence-corrected chi connectivity index (χ4v) is 2.11. The van der Waals surface area contributed by atoms with E-state index in [1.165, 1.54) is 18.5 Å². The second kappa shape index (κ2) is 6.14. The van der Waals surface area contributed by atoms with Crippen molar-refractivity contribution in [2.45, 2.75) is 39.7 Å². The molecule has 80 valence electrons. The van der Waals surface area contributed by atoms with Gasteiger partial charge in [-0.1, -0.05) is 26.7 Å². The molecule has 0 aliphatic carbocycles. The van der Waals surface area contributed by atoms with E-state index in [0.29, 0.717) is 6.04 Å². The summed E-state index contributed by atoms with van der Waals surface area (Å²) in [6.07, 6.45) is 2.51. The van der Waals surface area contributed by atoms with Gasteiger partial charge in [-0.25, -0.2) is 4.98 Å². The Morgan fingerprint density at radius 3 is 2.64 bits per heavy atom. The van der Waals surface area contributed by atoms with Gasteiger partial charge in [0.15, 0.2) is 0 Å². The molecule has 0 spiro atoms. The fourth-order valence-electron chi connectivity index (χ4n) is 1.46. The highest BCUT2D eigenvalue weighted by Gasteiger charge is 2.09. The van der Waals surface area contributed by atoms with E-state index in [2.05, 4.69) is 36.5 Å². The molecule has 0 fully saturated rings. The van der Waals surface area contributed by atoms with Gasteiger partial charge in [0.1, 0.15) is 0 Å². The molecule has 0 aromatic carbocycles. The maximum Gasteiger partial charge on any atom is 0.0795 e. The van der Waals surface area contributed by atoms with E-state index < -0.39 is 0 Å². The summed E-state index contributed by atoms with van der Waals surface area (Å²) in [7, 11) is 0. The van der Waals surface area contributed by atoms with E-state index in [0.717, 1.165) is 12.5 Å². The van der Waals surface area contributed by atoms with E-state index in [1.807, 2.05) is 5.51 Å². The van der Waals surface area contributed by atoms with Crippen LogP contribution in [-0.2, 0) is 0 Å². The van der Waals surface area contributed by atoms with E-state index in [-0.39, 0.29) is 0 Å². The highest BCUT2D eigenvalue weighted by Crippen LogP contribution is 2.13. The zero-order chi connectivity index (χ0) is 10.4. The van der Waals surface area contributed by atoms with Crippen LogP contribution in [0.1, 0.15) is 45.3 Å². The highest BCUT2D eigenvalue weighted by molar-refractivity contribution is 7.07. The van der Waals surface area contributed by atoms with Crippen LogP contribution in [0, 0.1) is 5.92 Å². The Labute approximate surface area is 90.8 Å². The molecule has 1 rings (SSSR count). The minimum Gasteiger partial charge on any atom is -0.309 e. The van der Waals surface area contributed by atoms with Gasteiger partial charge in [0, 0.05) is 11.4 Å². The average molecular weight is 212 g/mol. The first-order valence-electron chi connectivity index (χ1n) is 5.39. The van der Waals surface area contributed by atoms with Gasteiger partial charge < -0.3 is 5.32 Å². The molecule has 0 aliphatic heterocycles. The molecule has 3 heteroatoms. The molecule has 0 bridgehead atoms. The van der Waals surface area contributed by atoms with Crippen LogP contribution in [0.3, 0.4) is 0 Å². The van der Waals surface area contributed by atoms with Gasteiger partial charge in [-0.15, -0.1) is 11.3 Å². The van der Waals surface area contributed by atoms with Crippen molar-refractivity contribution in [1.29, 1.82) is 0 Å². The van der Waals surface area contributed by atoms with Crippen molar-refractivity contribution >= 4 is 11.3 Å². The third-order valence-electron chi connectivity index (χ3n) is 2.76. The predicted molar refractivity (Wildman–Crippen MR) is 62.6 cm³/mol. The Balaban J connectivity index is 2.31. The van der Waals surface area contributed by atoms with E-state index in [9.17, 15) is 0 Å². The number of rotatable bonds is 6. The lowest BCUT2D eigenvalue weighted by atomic mass is 10.0. The molecule has 0 aliphatic rings. The van der Waals surface area contributed by atoms with Gasteiger partial charge in [0.25, 0.3) is 0 Å². The smallest absolute Gasteiger partial charge is 0.0795 e. The summed E-state index contributed by atoms with van der Waals surface area (Å²) in [6.45, 7) is 7.79. The third-order valence-corrected chi connectivity index (χ3v) is 3.37. The number of thiazole rings is 1. The zero-order valence-corrected chi connectivity index (χ0v) is 10.1. The molecule has 0 saturated heterocycles. The second-order valence-electron chi connectivity index (χ2n) is 3.73. The Hall–Kier alpha value is -0.410. The van der Waals surface area contributed by atoms with Crippen molar-refractivity contribution in [3.63, 3.8) is 0 Å². The summed E-state index contributed by atoms with van der Waals surface area (Å²) in [5, 5.41) is 5.65. The highest BCUT2D eigenvalue weighted by atomic mass is 32.1. The van der Waals surface area contributed by atoms with Crippen LogP contribution in [0.4, 0.5) is 0 Å². The lowest BCUT2D eigenvalue weighted by Crippen LogP contribution is -2.25. The van der Waals surface area contributed by atoms with Gasteiger partial charge >= 0.3 is 0 Å². The summed E-state index contributed by atoms with van der Waals surface area (Å²) < 4.78 is 0. The Morgan fingerprint density at radius 1 is 1.43 bits per heavy atom. The van der Waals surface area contributed by atoms with Crippen molar-refractivity contribution < 1.29 is 0 Å². The van der Waals surface area contributed by atoms with Crippen LogP contribution in [0.2, 0.25) is 0 Å². The van der Waals surface area contributed by atoms with E-state index in [4.69, 9.17) is 0 Å². The summed E-state index contributed by atoms with van der Waals surface area (Å²) in [6, 6.07) is 0.391. The predicted octanol–water partition coefficient (Wildman–Crippen LogP) is 3.23. The lowest BCUT2D eigenvalue weighted by Gasteiger charge is -2.17. The van der Waals surface area contributed by atoms with E-state index >= 15 is 0 Å². The summed E-state index contributed by atoms with van der Waals surface area (Å²) in [5.41, 5.74) is 3.06. The normalized spacial score (nSPS) is 13.4. The summed E-state index contributed by atoms with van der Waals surface area (Å²) in [4.78, 5) is 4.30. The van der Waals surface area contributed by atoms with E-state index in [1.54, 1.807) is 11.3 Å². The van der Waals surface area contributed by atoms with Crippen LogP contribution in [0.15, 0.2) is 10.9 Å². The minimum atomic E-state index is 0.391. The van der Waals surface area contributed by atoms with Gasteiger partial charge in [-0.2, -0.15) is 0 Å². The molecular weight excluding hydrogens is 192 g/mol. The van der Waals surface area contributed by atoms with Crippen LogP contribution < -0.4 is 5.32 Å². The van der Waals surface area contributed by atoms with Crippen molar-refractivity contribution in [2.75, 3.05) is 6.54 Å². The van der Waals surface area contributed by atoms with Crippen LogP contribution >= 0.6 is 11.3 Å². The van der Waals surface area contributed by atoms with Crippen molar-refractivity contribution in [2.24, 2.45) is 5.92 Å². The van der Waals surface area contributed by atoms with Crippen LogP contribution in [-0.4, -0.2) is 11.5 Å². The first kappa shape index (κ1) is 11.7. The molecule has 0 radical (unpaired) electrons. The maximum atomic E-state index is 4.30. The molecular formula is C11H20N2S. The topological polar surface area (TPSA) is 24.9 Å². The summed E-state index contributed by atoms with van der Waals surface area (Å²) in [5.74, 6) is 0.802. The molecule has 1 aromatic heterocycles. The largest absolute Gasteiger partial charge is 0.309 e. The molecule has 1 heterocycles. The minimum absolute atomic E-state index is 0.391. The number of hydrogen-bond acceptors (Lipinski definition) is 3. The number of aromatic nitrogens is 1. The average Bonchev–Trinajstić information content (AvgIpc) is 2.72. The molecule has 1 N–H and O–H groups in total. The third kappa shape index (κ3) is 3.39. The number of nitrogens with one attached hydrogen (secondary N) is 1. The Kier molecular flexibility index (Phi) is 5.12. The quantitative estimate of drug-likeness (QED) is 0.783. The molecule has 1 aromatic rings. The molecule has 14 heavy (non-hydrogen) atoms. The Bertz CT molecular complexity index is 229. The number of nitrogens with zero attached hydrogens (tertiary/aromatic N) is 1. The lowest BCUT2D eigenvalue weighted by molar-refractivity contribution is 0.420. The fraction of sp³-hybridized carbons (Fsp3) is 0.727. The van der Waals surface area contributed by atoms with Gasteiger partial charge in [-0.3, -0.25) is 0 Å². The van der Waals surface area contributed by atoms with Crippen molar-refractivity contribution in [3.8, 4) is 0 Å². The molecule has 1 unspecified atom stereocenters. The SMILES string of the molecule is CCC(CC)CNC(C)c1cscn1. The first-order chi connectivity index (χ1) is 6.77. The molecule has 0 saturated carbocycles. The summed E-state index contributed by atoms with van der Waals surface area (Å²) >= 11 is 1.66. The molecule has 1 atom stereocenters.